The van der Waals surface area contributed by atoms with Crippen molar-refractivity contribution in [2.45, 2.75) is 27.2 Å². The van der Waals surface area contributed by atoms with Crippen LogP contribution < -0.4 is 21.5 Å². The maximum absolute atomic E-state index is 11.7. The first kappa shape index (κ1) is 13.3. The fourth-order valence-corrected chi connectivity index (χ4v) is 2.28. The van der Waals surface area contributed by atoms with Gasteiger partial charge in [0.25, 0.3) is 10.9 Å². The molecule has 19 heavy (non-hydrogen) atoms. The fraction of sp³-hybridized carbons (Fsp3) is 0.333. The van der Waals surface area contributed by atoms with E-state index in [0.29, 0.717) is 12.2 Å². The minimum Gasteiger partial charge on any atom is -0.394 e. The van der Waals surface area contributed by atoms with Crippen molar-refractivity contribution in [2.75, 3.05) is 17.2 Å². The van der Waals surface area contributed by atoms with Gasteiger partial charge in [-0.25, -0.2) is 0 Å². The van der Waals surface area contributed by atoms with Crippen molar-refractivity contribution in [1.29, 1.82) is 0 Å². The summed E-state index contributed by atoms with van der Waals surface area (Å²) in [5, 5.41) is 0. The first-order valence-electron chi connectivity index (χ1n) is 6.47. The molecule has 0 unspecified atom stereocenters. The number of rotatable bonds is 4. The highest BCUT2D eigenvalue weighted by Gasteiger charge is 2.24. The molecule has 100 valence electrons. The molecule has 0 amide bonds. The van der Waals surface area contributed by atoms with Gasteiger partial charge in [-0.1, -0.05) is 19.1 Å². The Morgan fingerprint density at radius 1 is 1.16 bits per heavy atom. The van der Waals surface area contributed by atoms with Crippen LogP contribution >= 0.6 is 0 Å². The van der Waals surface area contributed by atoms with Crippen LogP contribution in [0.5, 0.6) is 0 Å². The van der Waals surface area contributed by atoms with Gasteiger partial charge in [-0.2, -0.15) is 0 Å². The van der Waals surface area contributed by atoms with Crippen LogP contribution in [0, 0.1) is 6.92 Å². The summed E-state index contributed by atoms with van der Waals surface area (Å²) in [6, 6.07) is 6.14. The Hall–Kier alpha value is -2.10. The smallest absolute Gasteiger partial charge is 0.253 e. The van der Waals surface area contributed by atoms with Crippen LogP contribution in [0.2, 0.25) is 0 Å². The number of anilines is 3. The zero-order chi connectivity index (χ0) is 14.2. The second-order valence-electron chi connectivity index (χ2n) is 4.64. The van der Waals surface area contributed by atoms with E-state index in [2.05, 4.69) is 19.1 Å². The maximum Gasteiger partial charge on any atom is 0.253 e. The molecule has 0 saturated heterocycles. The van der Waals surface area contributed by atoms with E-state index in [4.69, 9.17) is 5.73 Å². The van der Waals surface area contributed by atoms with Gasteiger partial charge >= 0.3 is 0 Å². The first-order valence-corrected chi connectivity index (χ1v) is 6.47. The van der Waals surface area contributed by atoms with Crippen LogP contribution in [-0.4, -0.2) is 6.54 Å². The van der Waals surface area contributed by atoms with E-state index in [1.807, 2.05) is 24.8 Å². The summed E-state index contributed by atoms with van der Waals surface area (Å²) < 4.78 is 0. The Labute approximate surface area is 112 Å². The molecule has 0 saturated carbocycles. The van der Waals surface area contributed by atoms with Gasteiger partial charge in [-0.3, -0.25) is 9.59 Å². The van der Waals surface area contributed by atoms with E-state index in [0.717, 1.165) is 17.7 Å². The van der Waals surface area contributed by atoms with Crippen LogP contribution in [-0.2, 0) is 6.42 Å². The van der Waals surface area contributed by atoms with Crippen LogP contribution in [0.1, 0.15) is 25.0 Å². The molecule has 0 atom stereocenters. The molecular weight excluding hydrogens is 240 g/mol. The molecule has 2 N–H and O–H groups in total. The molecule has 0 radical (unpaired) electrons. The number of nitrogen functional groups attached to an aromatic ring is 1. The second-order valence-corrected chi connectivity index (χ2v) is 4.64. The standard InChI is InChI=1S/C15H18N2O2/c1-4-10-7-6-9(3)11(8-10)17(5-2)13-12(16)14(18)15(13)19/h6-8H,4-5,16H2,1-3H3. The summed E-state index contributed by atoms with van der Waals surface area (Å²) in [7, 11) is 0. The predicted molar refractivity (Wildman–Crippen MR) is 79.0 cm³/mol. The molecule has 4 nitrogen and oxygen atoms in total. The average Bonchev–Trinajstić information content (AvgIpc) is 2.44. The lowest BCUT2D eigenvalue weighted by Gasteiger charge is -2.27. The number of hydrogen-bond acceptors (Lipinski definition) is 4. The first-order chi connectivity index (χ1) is 9.01. The van der Waals surface area contributed by atoms with Crippen LogP contribution in [0.3, 0.4) is 0 Å². The average molecular weight is 258 g/mol. The van der Waals surface area contributed by atoms with Gasteiger partial charge in [-0.15, -0.1) is 0 Å². The lowest BCUT2D eigenvalue weighted by molar-refractivity contribution is 0.993. The summed E-state index contributed by atoms with van der Waals surface area (Å²) >= 11 is 0. The molecule has 0 heterocycles. The highest BCUT2D eigenvalue weighted by Crippen LogP contribution is 2.30. The van der Waals surface area contributed by atoms with Crippen LogP contribution in [0.25, 0.3) is 0 Å². The van der Waals surface area contributed by atoms with Crippen LogP contribution in [0.15, 0.2) is 27.8 Å². The molecule has 4 heteroatoms. The largest absolute Gasteiger partial charge is 0.394 e. The Bertz CT molecular complexity index is 682. The highest BCUT2D eigenvalue weighted by atomic mass is 16.2. The van der Waals surface area contributed by atoms with Gasteiger partial charge in [0.05, 0.1) is 0 Å². The summed E-state index contributed by atoms with van der Waals surface area (Å²) in [6.07, 6.45) is 0.923. The molecule has 2 rings (SSSR count). The lowest BCUT2D eigenvalue weighted by Crippen LogP contribution is -2.41. The van der Waals surface area contributed by atoms with E-state index in [1.165, 1.54) is 5.56 Å². The summed E-state index contributed by atoms with van der Waals surface area (Å²) in [6.45, 7) is 6.60. The van der Waals surface area contributed by atoms with Crippen molar-refractivity contribution in [2.24, 2.45) is 0 Å². The van der Waals surface area contributed by atoms with Crippen molar-refractivity contribution in [3.63, 3.8) is 0 Å². The molecule has 0 aliphatic carbocycles. The van der Waals surface area contributed by atoms with Crippen molar-refractivity contribution in [1.82, 2.24) is 0 Å². The molecular formula is C15H18N2O2. The van der Waals surface area contributed by atoms with E-state index >= 15 is 0 Å². The van der Waals surface area contributed by atoms with Crippen molar-refractivity contribution in [3.05, 3.63) is 49.8 Å². The summed E-state index contributed by atoms with van der Waals surface area (Å²) in [4.78, 5) is 24.8. The zero-order valence-electron chi connectivity index (χ0n) is 11.5. The number of benzene rings is 1. The third kappa shape index (κ3) is 2.03. The molecule has 2 aromatic carbocycles. The SMILES string of the molecule is CCc1ccc(C)c(N(CC)c2c(N)c(=O)c2=O)c1. The van der Waals surface area contributed by atoms with Gasteiger partial charge < -0.3 is 10.6 Å². The van der Waals surface area contributed by atoms with Gasteiger partial charge in [0.2, 0.25) is 0 Å². The van der Waals surface area contributed by atoms with Gasteiger partial charge in [0, 0.05) is 12.2 Å². The monoisotopic (exact) mass is 258 g/mol. The Morgan fingerprint density at radius 3 is 2.37 bits per heavy atom. The zero-order valence-corrected chi connectivity index (χ0v) is 11.5. The van der Waals surface area contributed by atoms with Crippen LogP contribution in [0.4, 0.5) is 17.1 Å². The molecule has 0 spiro atoms. The normalized spacial score (nSPS) is 10.9. The molecule has 0 fully saturated rings. The maximum atomic E-state index is 11.7. The Kier molecular flexibility index (Phi) is 3.42. The number of nitrogens with zero attached hydrogens (tertiary/aromatic N) is 1. The Morgan fingerprint density at radius 2 is 1.84 bits per heavy atom. The second kappa shape index (κ2) is 4.88. The van der Waals surface area contributed by atoms with E-state index in [1.54, 1.807) is 0 Å². The van der Waals surface area contributed by atoms with Crippen molar-refractivity contribution in [3.8, 4) is 0 Å². The van der Waals surface area contributed by atoms with Gasteiger partial charge in [0.15, 0.2) is 0 Å². The molecule has 0 bridgehead atoms. The minimum absolute atomic E-state index is 0.0770. The number of hydrogen-bond donors (Lipinski definition) is 1. The predicted octanol–water partition coefficient (Wildman–Crippen LogP) is 1.89. The van der Waals surface area contributed by atoms with Gasteiger partial charge in [0.1, 0.15) is 11.4 Å². The minimum atomic E-state index is -0.572. The highest BCUT2D eigenvalue weighted by molar-refractivity contribution is 5.79. The van der Waals surface area contributed by atoms with E-state index in [9.17, 15) is 9.59 Å². The lowest BCUT2D eigenvalue weighted by atomic mass is 10.1. The van der Waals surface area contributed by atoms with E-state index in [-0.39, 0.29) is 5.69 Å². The molecule has 0 aliphatic rings. The number of aryl methyl sites for hydroxylation is 2. The van der Waals surface area contributed by atoms with Gasteiger partial charge in [-0.05, 0) is 37.5 Å². The summed E-state index contributed by atoms with van der Waals surface area (Å²) in [5.74, 6) is 0. The molecule has 2 aromatic rings. The Balaban J connectivity index is 2.55. The molecule has 0 aliphatic heterocycles. The third-order valence-corrected chi connectivity index (χ3v) is 3.48. The summed E-state index contributed by atoms with van der Waals surface area (Å²) in [5.41, 5.74) is 8.21. The third-order valence-electron chi connectivity index (χ3n) is 3.48. The fourth-order valence-electron chi connectivity index (χ4n) is 2.28. The van der Waals surface area contributed by atoms with Crippen molar-refractivity contribution < 1.29 is 0 Å². The quantitative estimate of drug-likeness (QED) is 0.851. The van der Waals surface area contributed by atoms with E-state index < -0.39 is 10.9 Å². The molecule has 0 aromatic heterocycles. The number of nitrogens with two attached hydrogens (primary N) is 1. The van der Waals surface area contributed by atoms with Crippen molar-refractivity contribution >= 4 is 17.1 Å². The topological polar surface area (TPSA) is 63.4 Å².